The number of anilines is 2. The maximum atomic E-state index is 5.80. The molecule has 1 aromatic rings. The third-order valence-electron chi connectivity index (χ3n) is 2.74. The van der Waals surface area contributed by atoms with E-state index in [1.807, 2.05) is 11.8 Å². The van der Waals surface area contributed by atoms with Crippen LogP contribution in [0.25, 0.3) is 0 Å². The first kappa shape index (κ1) is 12.3. The van der Waals surface area contributed by atoms with E-state index in [0.29, 0.717) is 22.1 Å². The lowest BCUT2D eigenvalue weighted by molar-refractivity contribution is 0.412. The second-order valence-electron chi connectivity index (χ2n) is 4.28. The number of nitrogen functional groups attached to an aromatic ring is 1. The molecule has 0 radical (unpaired) electrons. The van der Waals surface area contributed by atoms with Gasteiger partial charge in [0.1, 0.15) is 6.33 Å². The van der Waals surface area contributed by atoms with Gasteiger partial charge < -0.3 is 15.4 Å². The summed E-state index contributed by atoms with van der Waals surface area (Å²) < 4.78 is 5.30. The van der Waals surface area contributed by atoms with Gasteiger partial charge in [-0.1, -0.05) is 13.8 Å². The average Bonchev–Trinajstić information content (AvgIpc) is 2.27. The molecule has 1 aliphatic heterocycles. The normalized spacial score (nSPS) is 24.8. The third kappa shape index (κ3) is 2.57. The molecule has 6 heteroatoms. The summed E-state index contributed by atoms with van der Waals surface area (Å²) in [4.78, 5) is 10.5. The monoisotopic (exact) mass is 254 g/mol. The molecule has 0 saturated carbocycles. The smallest absolute Gasteiger partial charge is 0.204 e. The predicted molar refractivity (Wildman–Crippen MR) is 71.7 cm³/mol. The van der Waals surface area contributed by atoms with Crippen molar-refractivity contribution in [2.24, 2.45) is 0 Å². The number of aromatic nitrogens is 2. The van der Waals surface area contributed by atoms with Crippen LogP contribution in [0.4, 0.5) is 11.6 Å². The molecule has 2 unspecified atom stereocenters. The highest BCUT2D eigenvalue weighted by Crippen LogP contribution is 2.34. The van der Waals surface area contributed by atoms with Gasteiger partial charge >= 0.3 is 0 Å². The van der Waals surface area contributed by atoms with E-state index in [2.05, 4.69) is 28.7 Å². The SMILES string of the molecule is COc1c(N)ncnc1N1CC(C)SC(C)C1. The largest absolute Gasteiger partial charge is 0.490 e. The molecule has 2 heterocycles. The van der Waals surface area contributed by atoms with Gasteiger partial charge in [0.15, 0.2) is 11.6 Å². The van der Waals surface area contributed by atoms with Crippen molar-refractivity contribution in [2.45, 2.75) is 24.3 Å². The molecule has 0 aliphatic carbocycles. The molecular weight excluding hydrogens is 236 g/mol. The van der Waals surface area contributed by atoms with Gasteiger partial charge in [0.25, 0.3) is 0 Å². The van der Waals surface area contributed by atoms with Gasteiger partial charge in [0.05, 0.1) is 7.11 Å². The summed E-state index contributed by atoms with van der Waals surface area (Å²) in [6.45, 7) is 6.37. The van der Waals surface area contributed by atoms with Crippen LogP contribution >= 0.6 is 11.8 Å². The lowest BCUT2D eigenvalue weighted by Crippen LogP contribution is -2.41. The van der Waals surface area contributed by atoms with Crippen LogP contribution in [-0.2, 0) is 0 Å². The van der Waals surface area contributed by atoms with Crippen LogP contribution in [0.15, 0.2) is 6.33 Å². The molecule has 94 valence electrons. The number of rotatable bonds is 2. The zero-order valence-electron chi connectivity index (χ0n) is 10.4. The Hall–Kier alpha value is -1.17. The summed E-state index contributed by atoms with van der Waals surface area (Å²) in [7, 11) is 1.60. The summed E-state index contributed by atoms with van der Waals surface area (Å²) in [5.41, 5.74) is 5.80. The van der Waals surface area contributed by atoms with Gasteiger partial charge in [-0.15, -0.1) is 0 Å². The minimum atomic E-state index is 0.399. The molecule has 1 aromatic heterocycles. The van der Waals surface area contributed by atoms with Crippen molar-refractivity contribution >= 4 is 23.4 Å². The number of ether oxygens (including phenoxy) is 1. The van der Waals surface area contributed by atoms with Crippen molar-refractivity contribution in [3.8, 4) is 5.75 Å². The van der Waals surface area contributed by atoms with Crippen molar-refractivity contribution in [1.82, 2.24) is 9.97 Å². The average molecular weight is 254 g/mol. The van der Waals surface area contributed by atoms with E-state index in [1.165, 1.54) is 6.33 Å². The molecule has 2 atom stereocenters. The molecule has 2 rings (SSSR count). The number of hydrogen-bond acceptors (Lipinski definition) is 6. The molecule has 0 spiro atoms. The maximum Gasteiger partial charge on any atom is 0.204 e. The van der Waals surface area contributed by atoms with Gasteiger partial charge in [-0.25, -0.2) is 9.97 Å². The quantitative estimate of drug-likeness (QED) is 0.860. The Labute approximate surface area is 106 Å². The molecule has 0 amide bonds. The number of hydrogen-bond donors (Lipinski definition) is 1. The van der Waals surface area contributed by atoms with Gasteiger partial charge in [-0.2, -0.15) is 11.8 Å². The molecule has 1 fully saturated rings. The first-order chi connectivity index (χ1) is 8.11. The van der Waals surface area contributed by atoms with E-state index in [1.54, 1.807) is 7.11 Å². The van der Waals surface area contributed by atoms with Gasteiger partial charge in [-0.3, -0.25) is 0 Å². The summed E-state index contributed by atoms with van der Waals surface area (Å²) in [5, 5.41) is 1.17. The number of methoxy groups -OCH3 is 1. The first-order valence-corrected chi connectivity index (χ1v) is 6.61. The second kappa shape index (κ2) is 5.00. The fraction of sp³-hybridized carbons (Fsp3) is 0.636. The Morgan fingerprint density at radius 2 is 2.00 bits per heavy atom. The van der Waals surface area contributed by atoms with E-state index in [-0.39, 0.29) is 0 Å². The van der Waals surface area contributed by atoms with E-state index < -0.39 is 0 Å². The van der Waals surface area contributed by atoms with Crippen molar-refractivity contribution in [1.29, 1.82) is 0 Å². The molecular formula is C11H18N4OS. The Morgan fingerprint density at radius 3 is 2.59 bits per heavy atom. The second-order valence-corrected chi connectivity index (χ2v) is 6.16. The Kier molecular flexibility index (Phi) is 3.61. The van der Waals surface area contributed by atoms with Crippen LogP contribution in [0.1, 0.15) is 13.8 Å². The first-order valence-electron chi connectivity index (χ1n) is 5.66. The van der Waals surface area contributed by atoms with Crippen molar-refractivity contribution in [3.05, 3.63) is 6.33 Å². The molecule has 0 bridgehead atoms. The fourth-order valence-corrected chi connectivity index (χ4v) is 3.47. The highest BCUT2D eigenvalue weighted by atomic mass is 32.2. The Morgan fingerprint density at radius 1 is 1.35 bits per heavy atom. The standard InChI is InChI=1S/C11H18N4OS/c1-7-4-15(5-8(2)17-7)11-9(16-3)10(12)13-6-14-11/h6-8H,4-5H2,1-3H3,(H2,12,13,14). The fourth-order valence-electron chi connectivity index (χ4n) is 2.15. The summed E-state index contributed by atoms with van der Waals surface area (Å²) in [5.74, 6) is 1.79. The van der Waals surface area contributed by atoms with E-state index in [4.69, 9.17) is 10.5 Å². The Bertz CT molecular complexity index is 391. The van der Waals surface area contributed by atoms with E-state index >= 15 is 0 Å². The van der Waals surface area contributed by atoms with Gasteiger partial charge in [0, 0.05) is 23.6 Å². The van der Waals surface area contributed by atoms with Crippen LogP contribution in [0.2, 0.25) is 0 Å². The minimum Gasteiger partial charge on any atom is -0.490 e. The van der Waals surface area contributed by atoms with Gasteiger partial charge in [-0.05, 0) is 0 Å². The zero-order chi connectivity index (χ0) is 12.4. The minimum absolute atomic E-state index is 0.399. The third-order valence-corrected chi connectivity index (χ3v) is 3.96. The zero-order valence-corrected chi connectivity index (χ0v) is 11.2. The van der Waals surface area contributed by atoms with Crippen LogP contribution in [0.3, 0.4) is 0 Å². The van der Waals surface area contributed by atoms with Crippen LogP contribution in [0, 0.1) is 0 Å². The highest BCUT2D eigenvalue weighted by Gasteiger charge is 2.26. The molecule has 2 N–H and O–H groups in total. The van der Waals surface area contributed by atoms with Crippen LogP contribution in [0.5, 0.6) is 5.75 Å². The number of nitrogens with two attached hydrogens (primary N) is 1. The number of nitrogens with zero attached hydrogens (tertiary/aromatic N) is 3. The molecule has 5 nitrogen and oxygen atoms in total. The summed E-state index contributed by atoms with van der Waals surface area (Å²) >= 11 is 2.00. The van der Waals surface area contributed by atoms with Crippen LogP contribution < -0.4 is 15.4 Å². The van der Waals surface area contributed by atoms with Crippen molar-refractivity contribution in [3.63, 3.8) is 0 Å². The lowest BCUT2D eigenvalue weighted by atomic mass is 10.3. The predicted octanol–water partition coefficient (Wildman–Crippen LogP) is 1.40. The molecule has 1 aliphatic rings. The lowest BCUT2D eigenvalue weighted by Gasteiger charge is -2.35. The highest BCUT2D eigenvalue weighted by molar-refractivity contribution is 8.00. The number of thioether (sulfide) groups is 1. The summed E-state index contributed by atoms with van der Waals surface area (Å²) in [6.07, 6.45) is 1.49. The maximum absolute atomic E-state index is 5.80. The van der Waals surface area contributed by atoms with Crippen molar-refractivity contribution in [2.75, 3.05) is 30.8 Å². The molecule has 17 heavy (non-hydrogen) atoms. The van der Waals surface area contributed by atoms with E-state index in [9.17, 15) is 0 Å². The van der Waals surface area contributed by atoms with Crippen LogP contribution in [-0.4, -0.2) is 40.7 Å². The van der Waals surface area contributed by atoms with Crippen molar-refractivity contribution < 1.29 is 4.74 Å². The molecule has 1 saturated heterocycles. The molecule has 0 aromatic carbocycles. The summed E-state index contributed by atoms with van der Waals surface area (Å²) in [6, 6.07) is 0. The van der Waals surface area contributed by atoms with Gasteiger partial charge in [0.2, 0.25) is 5.75 Å². The van der Waals surface area contributed by atoms with E-state index in [0.717, 1.165) is 18.9 Å². The Balaban J connectivity index is 2.30. The topological polar surface area (TPSA) is 64.3 Å².